The zero-order chi connectivity index (χ0) is 25.8. The highest BCUT2D eigenvalue weighted by Gasteiger charge is 2.32. The van der Waals surface area contributed by atoms with Gasteiger partial charge in [0.2, 0.25) is 5.91 Å². The molecule has 1 amide bonds. The molecule has 1 saturated carbocycles. The SMILES string of the molecule is COC(=O)c1ccccc1CC[C@@H]1CCC[C@@H]1NC(=O)C1CCN(c2ccc3cccc(C)c3n2)CC1. The normalized spacial score (nSPS) is 20.2. The Bertz CT molecular complexity index is 1270. The van der Waals surface area contributed by atoms with Gasteiger partial charge < -0.3 is 15.0 Å². The van der Waals surface area contributed by atoms with Gasteiger partial charge in [-0.05, 0) is 80.7 Å². The highest BCUT2D eigenvalue weighted by atomic mass is 16.5. The fourth-order valence-electron chi connectivity index (χ4n) is 6.09. The van der Waals surface area contributed by atoms with Gasteiger partial charge in [-0.1, -0.05) is 42.8 Å². The van der Waals surface area contributed by atoms with Gasteiger partial charge in [-0.25, -0.2) is 9.78 Å². The van der Waals surface area contributed by atoms with Gasteiger partial charge >= 0.3 is 5.97 Å². The minimum atomic E-state index is -0.285. The fraction of sp³-hybridized carbons (Fsp3) is 0.452. The molecule has 2 fully saturated rings. The van der Waals surface area contributed by atoms with Gasteiger partial charge in [-0.2, -0.15) is 0 Å². The number of piperidine rings is 1. The number of carbonyl (C=O) groups is 2. The van der Waals surface area contributed by atoms with E-state index < -0.39 is 0 Å². The number of aromatic nitrogens is 1. The topological polar surface area (TPSA) is 71.5 Å². The van der Waals surface area contributed by atoms with Crippen molar-refractivity contribution in [1.82, 2.24) is 10.3 Å². The second-order valence-electron chi connectivity index (χ2n) is 10.6. The number of benzene rings is 2. The summed E-state index contributed by atoms with van der Waals surface area (Å²) in [5.74, 6) is 1.42. The zero-order valence-corrected chi connectivity index (χ0v) is 21.9. The first-order valence-electron chi connectivity index (χ1n) is 13.6. The highest BCUT2D eigenvalue weighted by molar-refractivity contribution is 5.91. The van der Waals surface area contributed by atoms with Gasteiger partial charge in [0.15, 0.2) is 0 Å². The number of nitrogens with one attached hydrogen (secondary N) is 1. The van der Waals surface area contributed by atoms with E-state index in [9.17, 15) is 9.59 Å². The van der Waals surface area contributed by atoms with Crippen LogP contribution in [0.2, 0.25) is 0 Å². The van der Waals surface area contributed by atoms with E-state index in [4.69, 9.17) is 9.72 Å². The minimum Gasteiger partial charge on any atom is -0.465 e. The maximum Gasteiger partial charge on any atom is 0.338 e. The standard InChI is InChI=1S/C31H37N3O3/c1-21-7-5-10-24-15-16-28(33-29(21)24)34-19-17-25(18-20-34)30(35)32-27-12-6-9-23(27)14-13-22-8-3-4-11-26(22)31(36)37-2/h3-5,7-8,10-11,15-16,23,25,27H,6,9,12-14,17-20H2,1-2H3,(H,32,35)/t23-,27-/m0/s1. The van der Waals surface area contributed by atoms with Crippen molar-refractivity contribution in [2.24, 2.45) is 11.8 Å². The van der Waals surface area contributed by atoms with Crippen molar-refractivity contribution >= 4 is 28.6 Å². The molecule has 2 heterocycles. The lowest BCUT2D eigenvalue weighted by Gasteiger charge is -2.33. The first-order valence-corrected chi connectivity index (χ1v) is 13.6. The van der Waals surface area contributed by atoms with Crippen molar-refractivity contribution in [2.75, 3.05) is 25.1 Å². The van der Waals surface area contributed by atoms with Crippen LogP contribution in [0.25, 0.3) is 10.9 Å². The van der Waals surface area contributed by atoms with Crippen LogP contribution in [0.1, 0.15) is 60.0 Å². The molecule has 1 N–H and O–H groups in total. The molecule has 0 spiro atoms. The maximum atomic E-state index is 13.2. The van der Waals surface area contributed by atoms with Crippen LogP contribution >= 0.6 is 0 Å². The number of hydrogen-bond acceptors (Lipinski definition) is 5. The molecule has 1 saturated heterocycles. The lowest BCUT2D eigenvalue weighted by atomic mass is 9.91. The van der Waals surface area contributed by atoms with Gasteiger partial charge in [0.05, 0.1) is 18.2 Å². The summed E-state index contributed by atoms with van der Waals surface area (Å²) in [6.45, 7) is 3.80. The Hall–Kier alpha value is -3.41. The first-order chi connectivity index (χ1) is 18.0. The number of ether oxygens (including phenoxy) is 1. The average Bonchev–Trinajstić information content (AvgIpc) is 3.38. The molecule has 0 bridgehead atoms. The zero-order valence-electron chi connectivity index (χ0n) is 21.9. The predicted octanol–water partition coefficient (Wildman–Crippen LogP) is 5.46. The van der Waals surface area contributed by atoms with Crippen LogP contribution in [0, 0.1) is 18.8 Å². The summed E-state index contributed by atoms with van der Waals surface area (Å²) < 4.78 is 4.95. The largest absolute Gasteiger partial charge is 0.465 e. The molecule has 6 nitrogen and oxygen atoms in total. The van der Waals surface area contributed by atoms with Crippen molar-refractivity contribution in [1.29, 1.82) is 0 Å². The minimum absolute atomic E-state index is 0.0553. The molecule has 1 aromatic heterocycles. The van der Waals surface area contributed by atoms with Crippen LogP contribution < -0.4 is 10.2 Å². The average molecular weight is 500 g/mol. The van der Waals surface area contributed by atoms with Crippen molar-refractivity contribution in [3.05, 3.63) is 71.3 Å². The van der Waals surface area contributed by atoms with Crippen LogP contribution in [0.15, 0.2) is 54.6 Å². The Morgan fingerprint density at radius 3 is 2.62 bits per heavy atom. The molecule has 5 rings (SSSR count). The molecule has 2 aliphatic rings. The van der Waals surface area contributed by atoms with Gasteiger partial charge in [-0.3, -0.25) is 4.79 Å². The number of pyridine rings is 1. The number of anilines is 1. The summed E-state index contributed by atoms with van der Waals surface area (Å²) >= 11 is 0. The molecule has 1 aliphatic heterocycles. The van der Waals surface area contributed by atoms with Crippen molar-refractivity contribution in [3.63, 3.8) is 0 Å². The summed E-state index contributed by atoms with van der Waals surface area (Å²) in [4.78, 5) is 32.6. The van der Waals surface area contributed by atoms with E-state index in [0.717, 1.165) is 80.3 Å². The Morgan fingerprint density at radius 2 is 1.81 bits per heavy atom. The molecule has 37 heavy (non-hydrogen) atoms. The van der Waals surface area contributed by atoms with Crippen LogP contribution in [-0.4, -0.2) is 43.1 Å². The number of para-hydroxylation sites is 1. The lowest BCUT2D eigenvalue weighted by Crippen LogP contribution is -2.45. The first kappa shape index (κ1) is 25.2. The molecule has 1 aliphatic carbocycles. The van der Waals surface area contributed by atoms with Crippen molar-refractivity contribution in [2.45, 2.75) is 57.9 Å². The van der Waals surface area contributed by atoms with Gasteiger partial charge in [-0.15, -0.1) is 0 Å². The van der Waals surface area contributed by atoms with Crippen LogP contribution in [0.3, 0.4) is 0 Å². The molecule has 2 atom stereocenters. The Kier molecular flexibility index (Phi) is 7.73. The van der Waals surface area contributed by atoms with Gasteiger partial charge in [0.1, 0.15) is 5.82 Å². The smallest absolute Gasteiger partial charge is 0.338 e. The number of aryl methyl sites for hydroxylation is 2. The van der Waals surface area contributed by atoms with Crippen LogP contribution in [0.5, 0.6) is 0 Å². The Morgan fingerprint density at radius 1 is 1.00 bits per heavy atom. The second kappa shape index (κ2) is 11.3. The van der Waals surface area contributed by atoms with E-state index in [1.165, 1.54) is 12.7 Å². The molecule has 6 heteroatoms. The summed E-state index contributed by atoms with van der Waals surface area (Å²) in [6, 6.07) is 18.4. The Labute approximate surface area is 219 Å². The molecule has 3 aromatic rings. The molecule has 0 unspecified atom stereocenters. The Balaban J connectivity index is 1.14. The number of rotatable bonds is 7. The number of amides is 1. The number of carbonyl (C=O) groups excluding carboxylic acids is 2. The summed E-state index contributed by atoms with van der Waals surface area (Å²) in [5.41, 5.74) is 3.91. The van der Waals surface area contributed by atoms with E-state index in [1.807, 2.05) is 24.3 Å². The van der Waals surface area contributed by atoms with Crippen LogP contribution in [-0.2, 0) is 16.0 Å². The third-order valence-corrected chi connectivity index (χ3v) is 8.29. The summed E-state index contributed by atoms with van der Waals surface area (Å²) in [6.07, 6.45) is 6.78. The van der Waals surface area contributed by atoms with E-state index in [1.54, 1.807) is 0 Å². The fourth-order valence-corrected chi connectivity index (χ4v) is 6.09. The van der Waals surface area contributed by atoms with E-state index in [-0.39, 0.29) is 23.8 Å². The number of esters is 1. The lowest BCUT2D eigenvalue weighted by molar-refractivity contribution is -0.126. The second-order valence-corrected chi connectivity index (χ2v) is 10.6. The molecular formula is C31H37N3O3. The number of nitrogens with zero attached hydrogens (tertiary/aromatic N) is 2. The summed E-state index contributed by atoms with van der Waals surface area (Å²) in [7, 11) is 1.42. The van der Waals surface area contributed by atoms with Gasteiger partial charge in [0.25, 0.3) is 0 Å². The molecular weight excluding hydrogens is 462 g/mol. The van der Waals surface area contributed by atoms with Crippen molar-refractivity contribution < 1.29 is 14.3 Å². The maximum absolute atomic E-state index is 13.2. The predicted molar refractivity (Wildman–Crippen MR) is 147 cm³/mol. The van der Waals surface area contributed by atoms with E-state index in [2.05, 4.69) is 47.5 Å². The van der Waals surface area contributed by atoms with E-state index >= 15 is 0 Å². The third-order valence-electron chi connectivity index (χ3n) is 8.29. The summed E-state index contributed by atoms with van der Waals surface area (Å²) in [5, 5.41) is 4.57. The highest BCUT2D eigenvalue weighted by Crippen LogP contribution is 2.31. The van der Waals surface area contributed by atoms with Crippen molar-refractivity contribution in [3.8, 4) is 0 Å². The quantitative estimate of drug-likeness (QED) is 0.437. The number of hydrogen-bond donors (Lipinski definition) is 1. The molecule has 194 valence electrons. The van der Waals surface area contributed by atoms with E-state index in [0.29, 0.717) is 11.5 Å². The number of fused-ring (bicyclic) bond motifs is 1. The monoisotopic (exact) mass is 499 g/mol. The number of methoxy groups -OCH3 is 1. The third kappa shape index (κ3) is 5.63. The van der Waals surface area contributed by atoms with Crippen LogP contribution in [0.4, 0.5) is 5.82 Å². The molecule has 0 radical (unpaired) electrons. The molecule has 2 aromatic carbocycles. The van der Waals surface area contributed by atoms with Gasteiger partial charge in [0, 0.05) is 30.4 Å².